The SMILES string of the molecule is C=CCN(C)CCCCCCOC1CC[CH]CC1. The number of hydrogen-bond donors (Lipinski definition) is 0. The van der Waals surface area contributed by atoms with Crippen LogP contribution in [0.3, 0.4) is 0 Å². The van der Waals surface area contributed by atoms with Crippen LogP contribution >= 0.6 is 0 Å². The predicted molar refractivity (Wildman–Crippen MR) is 78.7 cm³/mol. The number of unbranched alkanes of at least 4 members (excludes halogenated alkanes) is 3. The van der Waals surface area contributed by atoms with Crippen molar-refractivity contribution >= 4 is 0 Å². The molecule has 1 fully saturated rings. The van der Waals surface area contributed by atoms with Gasteiger partial charge in [0.25, 0.3) is 0 Å². The Morgan fingerprint density at radius 1 is 1.22 bits per heavy atom. The van der Waals surface area contributed by atoms with Crippen LogP contribution < -0.4 is 0 Å². The molecule has 0 N–H and O–H groups in total. The molecule has 1 rings (SSSR count). The Labute approximate surface area is 113 Å². The number of ether oxygens (including phenoxy) is 1. The van der Waals surface area contributed by atoms with E-state index in [2.05, 4.69) is 24.9 Å². The van der Waals surface area contributed by atoms with Crippen molar-refractivity contribution in [2.75, 3.05) is 26.7 Å². The third-order valence-electron chi connectivity index (χ3n) is 3.61. The molecule has 2 heteroatoms. The zero-order valence-corrected chi connectivity index (χ0v) is 12.1. The van der Waals surface area contributed by atoms with E-state index in [1.54, 1.807) is 0 Å². The average Bonchev–Trinajstić information content (AvgIpc) is 2.39. The first-order valence-corrected chi connectivity index (χ1v) is 7.55. The fraction of sp³-hybridized carbons (Fsp3) is 0.812. The highest BCUT2D eigenvalue weighted by Crippen LogP contribution is 2.19. The third kappa shape index (κ3) is 7.88. The van der Waals surface area contributed by atoms with Crippen molar-refractivity contribution in [2.45, 2.75) is 57.5 Å². The minimum absolute atomic E-state index is 0.550. The highest BCUT2D eigenvalue weighted by Gasteiger charge is 2.12. The molecule has 0 saturated heterocycles. The lowest BCUT2D eigenvalue weighted by molar-refractivity contribution is 0.0325. The molecule has 0 aromatic rings. The van der Waals surface area contributed by atoms with Crippen molar-refractivity contribution in [1.29, 1.82) is 0 Å². The molecule has 1 radical (unpaired) electrons. The highest BCUT2D eigenvalue weighted by molar-refractivity contribution is 4.76. The van der Waals surface area contributed by atoms with Gasteiger partial charge in [0.2, 0.25) is 0 Å². The van der Waals surface area contributed by atoms with Gasteiger partial charge < -0.3 is 9.64 Å². The number of hydrogen-bond acceptors (Lipinski definition) is 2. The second-order valence-electron chi connectivity index (χ2n) is 5.40. The smallest absolute Gasteiger partial charge is 0.0575 e. The van der Waals surface area contributed by atoms with Crippen molar-refractivity contribution in [3.05, 3.63) is 19.1 Å². The Morgan fingerprint density at radius 2 is 1.94 bits per heavy atom. The molecule has 0 aromatic carbocycles. The van der Waals surface area contributed by atoms with E-state index < -0.39 is 0 Å². The Morgan fingerprint density at radius 3 is 2.67 bits per heavy atom. The van der Waals surface area contributed by atoms with E-state index in [4.69, 9.17) is 4.74 Å². The maximum atomic E-state index is 5.91. The molecule has 1 saturated carbocycles. The normalized spacial score (nSPS) is 17.2. The number of nitrogens with zero attached hydrogens (tertiary/aromatic N) is 1. The second kappa shape index (κ2) is 10.6. The molecule has 0 bridgehead atoms. The first-order chi connectivity index (χ1) is 8.83. The minimum atomic E-state index is 0.550. The third-order valence-corrected chi connectivity index (χ3v) is 3.61. The molecule has 105 valence electrons. The van der Waals surface area contributed by atoms with Crippen LogP contribution in [0.1, 0.15) is 51.4 Å². The van der Waals surface area contributed by atoms with Gasteiger partial charge in [-0.05, 0) is 58.5 Å². The molecule has 18 heavy (non-hydrogen) atoms. The molecule has 0 aliphatic heterocycles. The Hall–Kier alpha value is -0.340. The first-order valence-electron chi connectivity index (χ1n) is 7.55. The predicted octanol–water partition coefficient (Wildman–Crippen LogP) is 3.83. The van der Waals surface area contributed by atoms with Crippen LogP contribution in [0.15, 0.2) is 12.7 Å². The Bertz CT molecular complexity index is 199. The van der Waals surface area contributed by atoms with Gasteiger partial charge in [-0.25, -0.2) is 0 Å². The molecule has 0 aromatic heterocycles. The maximum Gasteiger partial charge on any atom is 0.0575 e. The van der Waals surface area contributed by atoms with Crippen LogP contribution in [0.4, 0.5) is 0 Å². The lowest BCUT2D eigenvalue weighted by Gasteiger charge is -2.21. The van der Waals surface area contributed by atoms with E-state index in [0.717, 1.165) is 13.2 Å². The van der Waals surface area contributed by atoms with E-state index >= 15 is 0 Å². The van der Waals surface area contributed by atoms with Gasteiger partial charge in [-0.15, -0.1) is 6.58 Å². The molecule has 0 atom stereocenters. The fourth-order valence-corrected chi connectivity index (χ4v) is 2.46. The zero-order valence-electron chi connectivity index (χ0n) is 12.1. The van der Waals surface area contributed by atoms with Crippen molar-refractivity contribution in [2.24, 2.45) is 0 Å². The highest BCUT2D eigenvalue weighted by atomic mass is 16.5. The lowest BCUT2D eigenvalue weighted by Crippen LogP contribution is -2.19. The molecule has 0 unspecified atom stereocenters. The Kier molecular flexibility index (Phi) is 9.23. The van der Waals surface area contributed by atoms with Crippen molar-refractivity contribution in [1.82, 2.24) is 4.90 Å². The van der Waals surface area contributed by atoms with Crippen LogP contribution in [0.25, 0.3) is 0 Å². The topological polar surface area (TPSA) is 12.5 Å². The van der Waals surface area contributed by atoms with Crippen LogP contribution in [-0.4, -0.2) is 37.7 Å². The fourth-order valence-electron chi connectivity index (χ4n) is 2.46. The Balaban J connectivity index is 1.82. The monoisotopic (exact) mass is 252 g/mol. The van der Waals surface area contributed by atoms with Gasteiger partial charge >= 0.3 is 0 Å². The van der Waals surface area contributed by atoms with Crippen molar-refractivity contribution in [3.63, 3.8) is 0 Å². The van der Waals surface area contributed by atoms with E-state index in [9.17, 15) is 0 Å². The van der Waals surface area contributed by atoms with Crippen molar-refractivity contribution < 1.29 is 4.74 Å². The molecule has 0 spiro atoms. The summed E-state index contributed by atoms with van der Waals surface area (Å²) in [5.74, 6) is 0. The molecule has 1 aliphatic carbocycles. The van der Waals surface area contributed by atoms with Crippen LogP contribution in [0.2, 0.25) is 0 Å². The van der Waals surface area contributed by atoms with Gasteiger partial charge in [-0.3, -0.25) is 0 Å². The average molecular weight is 252 g/mol. The van der Waals surface area contributed by atoms with Gasteiger partial charge in [0.1, 0.15) is 0 Å². The summed E-state index contributed by atoms with van der Waals surface area (Å²) < 4.78 is 5.91. The van der Waals surface area contributed by atoms with Crippen LogP contribution in [-0.2, 0) is 4.74 Å². The summed E-state index contributed by atoms with van der Waals surface area (Å²) in [6, 6.07) is 0. The van der Waals surface area contributed by atoms with Gasteiger partial charge in [0.05, 0.1) is 6.10 Å². The molecule has 1 aliphatic rings. The largest absolute Gasteiger partial charge is 0.378 e. The first kappa shape index (κ1) is 15.7. The van der Waals surface area contributed by atoms with Gasteiger partial charge in [0.15, 0.2) is 0 Å². The van der Waals surface area contributed by atoms with Crippen molar-refractivity contribution in [3.8, 4) is 0 Å². The van der Waals surface area contributed by atoms with E-state index in [0.29, 0.717) is 6.10 Å². The molecule has 0 amide bonds. The minimum Gasteiger partial charge on any atom is -0.378 e. The second-order valence-corrected chi connectivity index (χ2v) is 5.40. The zero-order chi connectivity index (χ0) is 13.1. The van der Waals surface area contributed by atoms with Gasteiger partial charge in [0, 0.05) is 13.2 Å². The molecule has 0 heterocycles. The summed E-state index contributed by atoms with van der Waals surface area (Å²) in [4.78, 5) is 2.32. The summed E-state index contributed by atoms with van der Waals surface area (Å²) in [7, 11) is 2.16. The van der Waals surface area contributed by atoms with Crippen LogP contribution in [0.5, 0.6) is 0 Å². The van der Waals surface area contributed by atoms with E-state index in [1.165, 1.54) is 57.9 Å². The summed E-state index contributed by atoms with van der Waals surface area (Å²) >= 11 is 0. The molecular weight excluding hydrogens is 222 g/mol. The standard InChI is InChI=1S/C16H30NO/c1-3-13-17(2)14-9-4-5-10-15-18-16-11-7-6-8-12-16/h3,6,16H,1,4-5,7-15H2,2H3. The quantitative estimate of drug-likeness (QED) is 0.433. The van der Waals surface area contributed by atoms with E-state index in [1.807, 2.05) is 6.08 Å². The summed E-state index contributed by atoms with van der Waals surface area (Å²) in [5, 5.41) is 0. The van der Waals surface area contributed by atoms with Crippen LogP contribution in [0, 0.1) is 6.42 Å². The lowest BCUT2D eigenvalue weighted by atomic mass is 9.98. The maximum absolute atomic E-state index is 5.91. The summed E-state index contributed by atoms with van der Waals surface area (Å²) in [6.07, 6.45) is 15.0. The summed E-state index contributed by atoms with van der Waals surface area (Å²) in [5.41, 5.74) is 0. The summed E-state index contributed by atoms with van der Waals surface area (Å²) in [6.45, 7) is 6.91. The van der Waals surface area contributed by atoms with Gasteiger partial charge in [-0.2, -0.15) is 0 Å². The van der Waals surface area contributed by atoms with E-state index in [-0.39, 0.29) is 0 Å². The molecule has 2 nitrogen and oxygen atoms in total. The number of rotatable bonds is 10. The van der Waals surface area contributed by atoms with Gasteiger partial charge in [-0.1, -0.05) is 18.9 Å². The number of likely N-dealkylation sites (N-methyl/N-ethyl adjacent to an activating group) is 1. The molecular formula is C16H30NO.